The normalized spacial score (nSPS) is 14.7. The molecule has 0 aliphatic carbocycles. The number of aromatic amines is 2. The Kier molecular flexibility index (Phi) is 4.05. The molecule has 0 atom stereocenters. The van der Waals surface area contributed by atoms with Crippen LogP contribution in [0.15, 0.2) is 36.5 Å². The first-order valence-electron chi connectivity index (χ1n) is 10.8. The molecular weight excluding hydrogens is 388 g/mol. The summed E-state index contributed by atoms with van der Waals surface area (Å²) >= 11 is 0. The van der Waals surface area contributed by atoms with E-state index in [1.54, 1.807) is 0 Å². The number of nitrogens with zero attached hydrogens (tertiary/aromatic N) is 6. The van der Waals surface area contributed by atoms with Crippen LogP contribution in [0, 0.1) is 6.92 Å². The first kappa shape index (κ1) is 18.1. The third kappa shape index (κ3) is 2.90. The van der Waals surface area contributed by atoms with Gasteiger partial charge in [-0.05, 0) is 50.5 Å². The molecule has 0 saturated carbocycles. The van der Waals surface area contributed by atoms with E-state index in [1.807, 2.05) is 36.9 Å². The Hall–Kier alpha value is -3.68. The highest BCUT2D eigenvalue weighted by molar-refractivity contribution is 5.94. The van der Waals surface area contributed by atoms with Crippen molar-refractivity contribution in [2.75, 3.05) is 18.0 Å². The molecule has 1 saturated heterocycles. The van der Waals surface area contributed by atoms with Crippen molar-refractivity contribution in [2.24, 2.45) is 7.05 Å². The average molecular weight is 413 g/mol. The molecule has 1 aliphatic heterocycles. The number of imidazole rings is 2. The molecule has 0 bridgehead atoms. The van der Waals surface area contributed by atoms with E-state index >= 15 is 0 Å². The van der Waals surface area contributed by atoms with Gasteiger partial charge in [0.2, 0.25) is 0 Å². The number of nitrogens with one attached hydrogen (secondary N) is 2. The molecule has 6 rings (SSSR count). The van der Waals surface area contributed by atoms with E-state index in [0.717, 1.165) is 63.9 Å². The predicted molar refractivity (Wildman–Crippen MR) is 122 cm³/mol. The number of pyridine rings is 1. The Balaban J connectivity index is 1.47. The van der Waals surface area contributed by atoms with Crippen molar-refractivity contribution in [3.8, 4) is 22.9 Å². The quantitative estimate of drug-likeness (QED) is 0.463. The molecule has 0 spiro atoms. The molecular formula is C23H24N8. The molecule has 5 heterocycles. The Morgan fingerprint density at radius 1 is 0.935 bits per heavy atom. The van der Waals surface area contributed by atoms with Gasteiger partial charge in [-0.25, -0.2) is 15.0 Å². The van der Waals surface area contributed by atoms with E-state index in [0.29, 0.717) is 0 Å². The van der Waals surface area contributed by atoms with Gasteiger partial charge in [0.05, 0.1) is 34.3 Å². The van der Waals surface area contributed by atoms with Crippen molar-refractivity contribution >= 4 is 27.8 Å². The lowest BCUT2D eigenvalue weighted by Crippen LogP contribution is -2.29. The Labute approximate surface area is 179 Å². The van der Waals surface area contributed by atoms with Crippen LogP contribution in [-0.4, -0.2) is 47.8 Å². The molecule has 0 amide bonds. The molecule has 1 aromatic carbocycles. The van der Waals surface area contributed by atoms with E-state index in [9.17, 15) is 0 Å². The van der Waals surface area contributed by atoms with Gasteiger partial charge in [-0.1, -0.05) is 6.07 Å². The summed E-state index contributed by atoms with van der Waals surface area (Å²) in [7, 11) is 2.00. The summed E-state index contributed by atoms with van der Waals surface area (Å²) in [6.45, 7) is 4.16. The third-order valence-electron chi connectivity index (χ3n) is 6.30. The lowest BCUT2D eigenvalue weighted by molar-refractivity contribution is 0.579. The molecule has 1 fully saturated rings. The minimum absolute atomic E-state index is 0.733. The van der Waals surface area contributed by atoms with Crippen LogP contribution in [-0.2, 0) is 7.05 Å². The highest BCUT2D eigenvalue weighted by atomic mass is 15.2. The summed E-state index contributed by atoms with van der Waals surface area (Å²) in [4.78, 5) is 20.2. The van der Waals surface area contributed by atoms with Crippen LogP contribution in [0.25, 0.3) is 45.0 Å². The van der Waals surface area contributed by atoms with Gasteiger partial charge in [-0.3, -0.25) is 5.10 Å². The summed E-state index contributed by atoms with van der Waals surface area (Å²) in [6.07, 6.45) is 5.63. The van der Waals surface area contributed by atoms with Gasteiger partial charge < -0.3 is 14.5 Å². The zero-order chi connectivity index (χ0) is 20.9. The Bertz CT molecular complexity index is 1400. The lowest BCUT2D eigenvalue weighted by Gasteiger charge is -2.28. The third-order valence-corrected chi connectivity index (χ3v) is 6.30. The van der Waals surface area contributed by atoms with Crippen LogP contribution in [0.5, 0.6) is 0 Å². The fraction of sp³-hybridized carbons (Fsp3) is 0.304. The fourth-order valence-corrected chi connectivity index (χ4v) is 4.47. The summed E-state index contributed by atoms with van der Waals surface area (Å²) in [6, 6.07) is 10.3. The molecule has 1 aliphatic rings. The first-order valence-corrected chi connectivity index (χ1v) is 10.8. The largest absolute Gasteiger partial charge is 0.370 e. The van der Waals surface area contributed by atoms with Gasteiger partial charge in [-0.2, -0.15) is 5.10 Å². The SMILES string of the molecule is Cc1ncc(-c2ccc3[nH]nc(-c4nc5c(N6CCCCC6)cccc5[nH]4)c3n2)n1C. The molecule has 4 aromatic heterocycles. The number of anilines is 1. The smallest absolute Gasteiger partial charge is 0.161 e. The molecule has 156 valence electrons. The Morgan fingerprint density at radius 2 is 1.81 bits per heavy atom. The minimum atomic E-state index is 0.733. The minimum Gasteiger partial charge on any atom is -0.370 e. The van der Waals surface area contributed by atoms with Crippen LogP contribution < -0.4 is 4.90 Å². The summed E-state index contributed by atoms with van der Waals surface area (Å²) in [5, 5.41) is 7.65. The number of aryl methyl sites for hydroxylation is 1. The zero-order valence-corrected chi connectivity index (χ0v) is 17.7. The highest BCUT2D eigenvalue weighted by Crippen LogP contribution is 2.32. The highest BCUT2D eigenvalue weighted by Gasteiger charge is 2.19. The molecule has 8 heteroatoms. The second-order valence-corrected chi connectivity index (χ2v) is 8.22. The van der Waals surface area contributed by atoms with Crippen LogP contribution in [0.2, 0.25) is 0 Å². The predicted octanol–water partition coefficient (Wildman–Crippen LogP) is 4.20. The van der Waals surface area contributed by atoms with Crippen molar-refractivity contribution in [2.45, 2.75) is 26.2 Å². The fourth-order valence-electron chi connectivity index (χ4n) is 4.47. The molecule has 8 nitrogen and oxygen atoms in total. The van der Waals surface area contributed by atoms with Gasteiger partial charge in [0, 0.05) is 20.1 Å². The second kappa shape index (κ2) is 6.94. The van der Waals surface area contributed by atoms with Crippen molar-refractivity contribution in [1.29, 1.82) is 0 Å². The van der Waals surface area contributed by atoms with Crippen LogP contribution in [0.3, 0.4) is 0 Å². The first-order chi connectivity index (χ1) is 15.2. The number of aromatic nitrogens is 7. The molecule has 5 aromatic rings. The molecule has 0 radical (unpaired) electrons. The summed E-state index contributed by atoms with van der Waals surface area (Å²) < 4.78 is 2.04. The maximum Gasteiger partial charge on any atom is 0.161 e. The summed E-state index contributed by atoms with van der Waals surface area (Å²) in [5.74, 6) is 1.68. The number of fused-ring (bicyclic) bond motifs is 2. The monoisotopic (exact) mass is 412 g/mol. The molecule has 2 N–H and O–H groups in total. The van der Waals surface area contributed by atoms with Gasteiger partial charge in [0.1, 0.15) is 16.9 Å². The maximum absolute atomic E-state index is 4.97. The number of hydrogen-bond donors (Lipinski definition) is 2. The van der Waals surface area contributed by atoms with Crippen molar-refractivity contribution in [3.05, 3.63) is 42.4 Å². The number of benzene rings is 1. The second-order valence-electron chi connectivity index (χ2n) is 8.22. The standard InChI is InChI=1S/C23H24N8/c1-14-24-13-19(30(14)2)15-9-10-17-21(25-15)22(29-28-17)23-26-16-7-6-8-18(20(16)27-23)31-11-4-3-5-12-31/h6-10,13H,3-5,11-12H2,1-2H3,(H,26,27)(H,28,29). The van der Waals surface area contributed by atoms with Gasteiger partial charge in [0.25, 0.3) is 0 Å². The lowest BCUT2D eigenvalue weighted by atomic mass is 10.1. The van der Waals surface area contributed by atoms with E-state index < -0.39 is 0 Å². The zero-order valence-electron chi connectivity index (χ0n) is 17.7. The van der Waals surface area contributed by atoms with E-state index in [-0.39, 0.29) is 0 Å². The maximum atomic E-state index is 4.97. The number of hydrogen-bond acceptors (Lipinski definition) is 5. The average Bonchev–Trinajstić information content (AvgIpc) is 3.50. The molecule has 31 heavy (non-hydrogen) atoms. The van der Waals surface area contributed by atoms with E-state index in [4.69, 9.17) is 9.97 Å². The number of piperidine rings is 1. The van der Waals surface area contributed by atoms with Gasteiger partial charge >= 0.3 is 0 Å². The Morgan fingerprint density at radius 3 is 2.61 bits per heavy atom. The van der Waals surface area contributed by atoms with Gasteiger partial charge in [-0.15, -0.1) is 0 Å². The number of para-hydroxylation sites is 1. The van der Waals surface area contributed by atoms with Crippen molar-refractivity contribution < 1.29 is 0 Å². The van der Waals surface area contributed by atoms with E-state index in [2.05, 4.69) is 43.3 Å². The topological polar surface area (TPSA) is 91.3 Å². The van der Waals surface area contributed by atoms with Crippen LogP contribution >= 0.6 is 0 Å². The van der Waals surface area contributed by atoms with E-state index in [1.165, 1.54) is 24.9 Å². The van der Waals surface area contributed by atoms with Crippen LogP contribution in [0.4, 0.5) is 5.69 Å². The van der Waals surface area contributed by atoms with Gasteiger partial charge in [0.15, 0.2) is 11.5 Å². The number of H-pyrrole nitrogens is 2. The number of rotatable bonds is 3. The van der Waals surface area contributed by atoms with Crippen molar-refractivity contribution in [1.82, 2.24) is 34.7 Å². The summed E-state index contributed by atoms with van der Waals surface area (Å²) in [5.41, 5.74) is 7.47. The van der Waals surface area contributed by atoms with Crippen LogP contribution in [0.1, 0.15) is 25.1 Å². The molecule has 0 unspecified atom stereocenters. The van der Waals surface area contributed by atoms with Crippen molar-refractivity contribution in [3.63, 3.8) is 0 Å².